The Morgan fingerprint density at radius 1 is 1.00 bits per heavy atom. The minimum Gasteiger partial charge on any atom is -0.348 e. The smallest absolute Gasteiger partial charge is 0.348 e. The average molecular weight is 302 g/mol. The molecule has 1 aromatic rings. The van der Waals surface area contributed by atoms with Crippen LogP contribution in [0, 0.1) is 0 Å². The monoisotopic (exact) mass is 302 g/mol. The van der Waals surface area contributed by atoms with E-state index in [2.05, 4.69) is 5.32 Å². The number of para-hydroxylation sites is 1. The van der Waals surface area contributed by atoms with Crippen molar-refractivity contribution in [2.45, 2.75) is 31.9 Å². The minimum atomic E-state index is -4.84. The van der Waals surface area contributed by atoms with Crippen molar-refractivity contribution in [1.82, 2.24) is 5.32 Å². The maximum absolute atomic E-state index is 11.9. The molecule has 21 heavy (non-hydrogen) atoms. The lowest BCUT2D eigenvalue weighted by Crippen LogP contribution is -2.37. The van der Waals surface area contributed by atoms with Crippen molar-refractivity contribution in [2.75, 3.05) is 11.9 Å². The van der Waals surface area contributed by atoms with E-state index in [9.17, 15) is 22.8 Å². The normalized spacial score (nSPS) is 11.0. The van der Waals surface area contributed by atoms with Crippen molar-refractivity contribution < 1.29 is 22.8 Å². The molecule has 116 valence electrons. The van der Waals surface area contributed by atoms with Gasteiger partial charge >= 0.3 is 12.1 Å². The Hall–Kier alpha value is -2.05. The number of hydrogen-bond acceptors (Lipinski definition) is 2. The maximum atomic E-state index is 11.9. The molecule has 0 saturated heterocycles. The van der Waals surface area contributed by atoms with Gasteiger partial charge in [0.05, 0.1) is 0 Å². The molecule has 0 aromatic heterocycles. The quantitative estimate of drug-likeness (QED) is 0.761. The van der Waals surface area contributed by atoms with E-state index in [4.69, 9.17) is 0 Å². The topological polar surface area (TPSA) is 58.2 Å². The van der Waals surface area contributed by atoms with Crippen LogP contribution in [0.2, 0.25) is 0 Å². The summed E-state index contributed by atoms with van der Waals surface area (Å²) in [5.74, 6) is -2.06. The van der Waals surface area contributed by atoms with Crippen LogP contribution in [-0.4, -0.2) is 24.5 Å². The number of amides is 2. The highest BCUT2D eigenvalue weighted by Crippen LogP contribution is 2.14. The lowest BCUT2D eigenvalue weighted by molar-refractivity contribution is -0.173. The van der Waals surface area contributed by atoms with Gasteiger partial charge in [-0.1, -0.05) is 24.6 Å². The van der Waals surface area contributed by atoms with E-state index in [1.54, 1.807) is 29.6 Å². The predicted molar refractivity (Wildman–Crippen MR) is 72.6 cm³/mol. The molecule has 0 bridgehead atoms. The average Bonchev–Trinajstić information content (AvgIpc) is 2.42. The third kappa shape index (κ3) is 7.34. The Morgan fingerprint density at radius 2 is 1.67 bits per heavy atom. The first-order chi connectivity index (χ1) is 9.89. The zero-order chi connectivity index (χ0) is 15.7. The third-order valence-corrected chi connectivity index (χ3v) is 2.68. The first kappa shape index (κ1) is 17.0. The molecule has 0 spiro atoms. The van der Waals surface area contributed by atoms with E-state index in [0.717, 1.165) is 0 Å². The van der Waals surface area contributed by atoms with Gasteiger partial charge in [0.1, 0.15) is 0 Å². The first-order valence-electron chi connectivity index (χ1n) is 6.59. The number of anilines is 1. The van der Waals surface area contributed by atoms with Crippen molar-refractivity contribution in [1.29, 1.82) is 0 Å². The largest absolute Gasteiger partial charge is 0.471 e. The summed E-state index contributed by atoms with van der Waals surface area (Å²) in [6.45, 7) is -0.0430. The van der Waals surface area contributed by atoms with Gasteiger partial charge in [-0.15, -0.1) is 0 Å². The second-order valence-electron chi connectivity index (χ2n) is 4.48. The number of rotatable bonds is 7. The summed E-state index contributed by atoms with van der Waals surface area (Å²) in [7, 11) is 0. The number of nitrogens with one attached hydrogen (secondary N) is 2. The summed E-state index contributed by atoms with van der Waals surface area (Å²) in [4.78, 5) is 22.1. The van der Waals surface area contributed by atoms with Crippen molar-refractivity contribution >= 4 is 17.5 Å². The van der Waals surface area contributed by atoms with Gasteiger partial charge in [-0.05, 0) is 25.0 Å². The van der Waals surface area contributed by atoms with Crippen LogP contribution in [0.4, 0.5) is 18.9 Å². The fourth-order valence-electron chi connectivity index (χ4n) is 1.63. The summed E-state index contributed by atoms with van der Waals surface area (Å²) < 4.78 is 35.6. The summed E-state index contributed by atoms with van der Waals surface area (Å²) in [5.41, 5.74) is 0.708. The molecule has 0 saturated carbocycles. The number of halogens is 3. The molecule has 1 rings (SSSR count). The SMILES string of the molecule is O=C(CCCCCNC(=O)C(F)(F)F)Nc1ccccc1. The van der Waals surface area contributed by atoms with Crippen LogP contribution in [0.25, 0.3) is 0 Å². The van der Waals surface area contributed by atoms with Gasteiger partial charge in [-0.25, -0.2) is 0 Å². The standard InChI is InChI=1S/C14H17F3N2O2/c15-14(16,17)13(21)18-10-6-2-5-9-12(20)19-11-7-3-1-4-8-11/h1,3-4,7-8H,2,5-6,9-10H2,(H,18,21)(H,19,20). The molecule has 0 radical (unpaired) electrons. The minimum absolute atomic E-state index is 0.0430. The van der Waals surface area contributed by atoms with E-state index in [-0.39, 0.29) is 12.5 Å². The van der Waals surface area contributed by atoms with Crippen LogP contribution >= 0.6 is 0 Å². The Morgan fingerprint density at radius 3 is 2.29 bits per heavy atom. The zero-order valence-corrected chi connectivity index (χ0v) is 11.4. The van der Waals surface area contributed by atoms with Gasteiger partial charge in [-0.3, -0.25) is 9.59 Å². The molecule has 0 aliphatic heterocycles. The fourth-order valence-corrected chi connectivity index (χ4v) is 1.63. The van der Waals surface area contributed by atoms with Crippen LogP contribution in [0.5, 0.6) is 0 Å². The lowest BCUT2D eigenvalue weighted by atomic mass is 10.2. The summed E-state index contributed by atoms with van der Waals surface area (Å²) in [6.07, 6.45) is -3.01. The highest BCUT2D eigenvalue weighted by Gasteiger charge is 2.38. The van der Waals surface area contributed by atoms with Gasteiger partial charge < -0.3 is 10.6 Å². The number of alkyl halides is 3. The summed E-state index contributed by atoms with van der Waals surface area (Å²) >= 11 is 0. The van der Waals surface area contributed by atoms with E-state index < -0.39 is 12.1 Å². The lowest BCUT2D eigenvalue weighted by Gasteiger charge is -2.07. The maximum Gasteiger partial charge on any atom is 0.471 e. The molecule has 1 aromatic carbocycles. The highest BCUT2D eigenvalue weighted by molar-refractivity contribution is 5.90. The van der Waals surface area contributed by atoms with Crippen LogP contribution in [-0.2, 0) is 9.59 Å². The highest BCUT2D eigenvalue weighted by atomic mass is 19.4. The van der Waals surface area contributed by atoms with Gasteiger partial charge in [0.25, 0.3) is 0 Å². The molecule has 4 nitrogen and oxygen atoms in total. The fraction of sp³-hybridized carbons (Fsp3) is 0.429. The Balaban J connectivity index is 2.07. The van der Waals surface area contributed by atoms with Gasteiger partial charge in [0, 0.05) is 18.7 Å². The number of unbranched alkanes of at least 4 members (excludes halogenated alkanes) is 2. The van der Waals surface area contributed by atoms with E-state index in [1.165, 1.54) is 0 Å². The van der Waals surface area contributed by atoms with Crippen molar-refractivity contribution in [3.05, 3.63) is 30.3 Å². The number of carbonyl (C=O) groups is 2. The molecular weight excluding hydrogens is 285 g/mol. The van der Waals surface area contributed by atoms with Crippen LogP contribution in [0.1, 0.15) is 25.7 Å². The molecule has 0 atom stereocenters. The van der Waals surface area contributed by atoms with E-state index in [1.807, 2.05) is 6.07 Å². The second-order valence-corrected chi connectivity index (χ2v) is 4.48. The molecule has 0 aliphatic carbocycles. The summed E-state index contributed by atoms with van der Waals surface area (Å²) in [6, 6.07) is 8.98. The molecule has 0 aliphatic rings. The van der Waals surface area contributed by atoms with Crippen molar-refractivity contribution in [2.24, 2.45) is 0 Å². The Kier molecular flexibility index (Phi) is 6.71. The molecule has 0 unspecified atom stereocenters. The molecule has 2 amide bonds. The molecule has 0 fully saturated rings. The molecule has 0 heterocycles. The molecule has 7 heteroatoms. The van der Waals surface area contributed by atoms with Crippen LogP contribution in [0.15, 0.2) is 30.3 Å². The summed E-state index contributed by atoms with van der Waals surface area (Å²) in [5, 5.41) is 4.50. The molecular formula is C14H17F3N2O2. The predicted octanol–water partition coefficient (Wildman–Crippen LogP) is 2.86. The van der Waals surface area contributed by atoms with E-state index in [0.29, 0.717) is 31.4 Å². The van der Waals surface area contributed by atoms with Crippen molar-refractivity contribution in [3.8, 4) is 0 Å². The number of benzene rings is 1. The Labute approximate surface area is 120 Å². The van der Waals surface area contributed by atoms with Gasteiger partial charge in [0.15, 0.2) is 0 Å². The number of hydrogen-bond donors (Lipinski definition) is 2. The number of carbonyl (C=O) groups excluding carboxylic acids is 2. The second kappa shape index (κ2) is 8.28. The third-order valence-electron chi connectivity index (χ3n) is 2.68. The van der Waals surface area contributed by atoms with E-state index >= 15 is 0 Å². The van der Waals surface area contributed by atoms with Gasteiger partial charge in [-0.2, -0.15) is 13.2 Å². The zero-order valence-electron chi connectivity index (χ0n) is 11.4. The Bertz CT molecular complexity index is 461. The van der Waals surface area contributed by atoms with Gasteiger partial charge in [0.2, 0.25) is 5.91 Å². The van der Waals surface area contributed by atoms with Crippen molar-refractivity contribution in [3.63, 3.8) is 0 Å². The van der Waals surface area contributed by atoms with Crippen LogP contribution < -0.4 is 10.6 Å². The first-order valence-corrected chi connectivity index (χ1v) is 6.59. The molecule has 2 N–H and O–H groups in total. The van der Waals surface area contributed by atoms with Crippen LogP contribution in [0.3, 0.4) is 0 Å².